The summed E-state index contributed by atoms with van der Waals surface area (Å²) in [4.78, 5) is 13.2. The highest BCUT2D eigenvalue weighted by Gasteiger charge is 2.48. The molecule has 422 valence electrons. The normalized spacial score (nSPS) is 20.1. The van der Waals surface area contributed by atoms with Crippen molar-refractivity contribution >= 4 is 16.3 Å². The number of amides is 1. The van der Waals surface area contributed by atoms with Gasteiger partial charge in [0.2, 0.25) is 5.91 Å². The Morgan fingerprint density at radius 2 is 0.972 bits per heavy atom. The largest absolute Gasteiger partial charge is 0.397 e. The van der Waals surface area contributed by atoms with Gasteiger partial charge in [0.1, 0.15) is 30.5 Å². The van der Waals surface area contributed by atoms with Gasteiger partial charge in [-0.05, 0) is 64.2 Å². The summed E-state index contributed by atoms with van der Waals surface area (Å²) < 4.78 is 47.7. The van der Waals surface area contributed by atoms with Crippen LogP contribution in [0.15, 0.2) is 48.6 Å². The number of carbonyl (C=O) groups is 1. The predicted molar refractivity (Wildman–Crippen MR) is 293 cm³/mol. The number of nitrogens with one attached hydrogen (secondary N) is 1. The molecule has 1 saturated heterocycles. The Labute approximate surface area is 439 Å². The van der Waals surface area contributed by atoms with Gasteiger partial charge in [-0.2, -0.15) is 8.42 Å². The second-order valence-corrected chi connectivity index (χ2v) is 21.4. The Balaban J connectivity index is 2.47. The van der Waals surface area contributed by atoms with Crippen molar-refractivity contribution in [2.75, 3.05) is 13.2 Å². The van der Waals surface area contributed by atoms with E-state index in [1.165, 1.54) is 160 Å². The summed E-state index contributed by atoms with van der Waals surface area (Å²) in [6, 6.07) is -1.14. The highest BCUT2D eigenvalue weighted by atomic mass is 32.3. The average Bonchev–Trinajstić information content (AvgIpc) is 3.36. The second kappa shape index (κ2) is 47.5. The van der Waals surface area contributed by atoms with Gasteiger partial charge in [-0.3, -0.25) is 9.35 Å². The van der Waals surface area contributed by atoms with E-state index in [2.05, 4.69) is 59.8 Å². The van der Waals surface area contributed by atoms with E-state index in [9.17, 15) is 43.3 Å². The lowest BCUT2D eigenvalue weighted by Gasteiger charge is -2.41. The molecule has 0 saturated carbocycles. The molecule has 7 N–H and O–H groups in total. The molecule has 8 unspecified atom stereocenters. The summed E-state index contributed by atoms with van der Waals surface area (Å²) in [6.45, 7) is 3.24. The monoisotopic (exact) mass is 1040 g/mol. The van der Waals surface area contributed by atoms with Crippen molar-refractivity contribution in [2.24, 2.45) is 0 Å². The van der Waals surface area contributed by atoms with Gasteiger partial charge in [0.15, 0.2) is 6.29 Å². The molecule has 0 aromatic carbocycles. The van der Waals surface area contributed by atoms with Crippen LogP contribution < -0.4 is 5.32 Å². The molecule has 1 aliphatic heterocycles. The van der Waals surface area contributed by atoms with Gasteiger partial charge >= 0.3 is 10.4 Å². The lowest BCUT2D eigenvalue weighted by atomic mass is 9.99. The van der Waals surface area contributed by atoms with Gasteiger partial charge in [-0.15, -0.1) is 0 Å². The van der Waals surface area contributed by atoms with Crippen molar-refractivity contribution in [1.82, 2.24) is 5.32 Å². The molecule has 14 heteroatoms. The maximum absolute atomic E-state index is 13.2. The van der Waals surface area contributed by atoms with E-state index in [1.54, 1.807) is 6.08 Å². The van der Waals surface area contributed by atoms with E-state index in [4.69, 9.17) is 9.47 Å². The van der Waals surface area contributed by atoms with Crippen LogP contribution in [0.3, 0.4) is 0 Å². The fourth-order valence-electron chi connectivity index (χ4n) is 9.10. The molecular weight excluding hydrogens is 935 g/mol. The quantitative estimate of drug-likeness (QED) is 0.0172. The minimum Gasteiger partial charge on any atom is -0.394 e. The zero-order chi connectivity index (χ0) is 52.8. The van der Waals surface area contributed by atoms with Crippen LogP contribution in [0.1, 0.15) is 251 Å². The van der Waals surface area contributed by atoms with Gasteiger partial charge in [-0.25, -0.2) is 4.18 Å². The second-order valence-electron chi connectivity index (χ2n) is 20.4. The molecule has 0 radical (unpaired) electrons. The van der Waals surface area contributed by atoms with Crippen LogP contribution in [-0.2, 0) is 28.9 Å². The molecule has 0 bridgehead atoms. The molecule has 1 aliphatic rings. The van der Waals surface area contributed by atoms with Gasteiger partial charge in [0.25, 0.3) is 0 Å². The molecule has 0 aliphatic carbocycles. The maximum Gasteiger partial charge on any atom is 0.397 e. The zero-order valence-electron chi connectivity index (χ0n) is 45.4. The van der Waals surface area contributed by atoms with E-state index < -0.39 is 78.5 Å². The maximum atomic E-state index is 13.2. The van der Waals surface area contributed by atoms with E-state index >= 15 is 0 Å². The molecule has 13 nitrogen and oxygen atoms in total. The van der Waals surface area contributed by atoms with E-state index in [1.807, 2.05) is 0 Å². The third-order valence-electron chi connectivity index (χ3n) is 13.7. The number of aliphatic hydroxyl groups is 5. The molecule has 0 aromatic heterocycles. The van der Waals surface area contributed by atoms with Crippen LogP contribution in [0, 0.1) is 0 Å². The van der Waals surface area contributed by atoms with Crippen molar-refractivity contribution < 1.29 is 57.0 Å². The fourth-order valence-corrected chi connectivity index (χ4v) is 9.61. The third kappa shape index (κ3) is 38.6. The van der Waals surface area contributed by atoms with Crippen LogP contribution in [0.25, 0.3) is 0 Å². The average molecular weight is 1040 g/mol. The Morgan fingerprint density at radius 3 is 1.42 bits per heavy atom. The number of rotatable bonds is 50. The van der Waals surface area contributed by atoms with E-state index in [-0.39, 0.29) is 6.42 Å². The highest BCUT2D eigenvalue weighted by Crippen LogP contribution is 2.26. The van der Waals surface area contributed by atoms with Crippen molar-refractivity contribution in [3.05, 3.63) is 48.6 Å². The molecule has 0 aromatic rings. The topological polar surface area (TPSA) is 212 Å². The van der Waals surface area contributed by atoms with Crippen molar-refractivity contribution in [3.63, 3.8) is 0 Å². The SMILES string of the molecule is CCCCCCCCCCC/C=C\C/C=C\CCCCCCCCC(O)C(=O)NC(COC1OC(CO)C(O)C(OS(=O)(=O)O)C1O)C(O)/C=C/CC/C=C/CCCCCCCCCCCCCCCCC. The molecule has 0 spiro atoms. The summed E-state index contributed by atoms with van der Waals surface area (Å²) in [6.07, 6.45) is 49.0. The summed E-state index contributed by atoms with van der Waals surface area (Å²) in [5.74, 6) is -0.718. The number of aliphatic hydroxyl groups excluding tert-OH is 5. The third-order valence-corrected chi connectivity index (χ3v) is 14.2. The fraction of sp³-hybridized carbons (Fsp3) is 0.845. The predicted octanol–water partition coefficient (Wildman–Crippen LogP) is 12.5. The van der Waals surface area contributed by atoms with Crippen molar-refractivity contribution in [3.8, 4) is 0 Å². The zero-order valence-corrected chi connectivity index (χ0v) is 46.2. The first-order valence-corrected chi connectivity index (χ1v) is 30.5. The van der Waals surface area contributed by atoms with Gasteiger partial charge < -0.3 is 40.3 Å². The minimum atomic E-state index is -5.13. The summed E-state index contributed by atoms with van der Waals surface area (Å²) in [7, 11) is -5.13. The number of unbranched alkanes of at least 4 members (excludes halogenated alkanes) is 31. The Bertz CT molecular complexity index is 1470. The standard InChI is InChI=1S/C58H107NO12S/c1-3-5-7-9-11-13-15-17-19-21-23-25-27-29-31-33-35-37-39-41-43-45-47-52(62)57(65)59-50(49-69-58-55(64)56(71-72(66,67)68)54(63)53(48-60)70-58)51(61)46-44-42-40-38-36-34-32-30-28-26-24-22-20-18-16-14-12-10-8-6-4-2/h23,25,29,31,36,38,44,46,50-56,58,60-64H,3-22,24,26-28,30,32-35,37,39-43,45,47-49H2,1-2H3,(H,59,65)(H,66,67,68)/b25-23-,31-29-,38-36+,46-44+. The summed E-state index contributed by atoms with van der Waals surface area (Å²) in [5, 5.41) is 55.5. The smallest absolute Gasteiger partial charge is 0.394 e. The first-order valence-electron chi connectivity index (χ1n) is 29.1. The van der Waals surface area contributed by atoms with E-state index in [0.29, 0.717) is 12.8 Å². The van der Waals surface area contributed by atoms with Gasteiger partial charge in [-0.1, -0.05) is 236 Å². The first-order chi connectivity index (χ1) is 34.9. The highest BCUT2D eigenvalue weighted by molar-refractivity contribution is 7.80. The molecule has 1 amide bonds. The number of ether oxygens (including phenoxy) is 2. The molecule has 1 rings (SSSR count). The Hall–Kier alpha value is -1.98. The van der Waals surface area contributed by atoms with Crippen LogP contribution >= 0.6 is 0 Å². The van der Waals surface area contributed by atoms with Crippen LogP contribution in [0.2, 0.25) is 0 Å². The van der Waals surface area contributed by atoms with E-state index in [0.717, 1.165) is 64.2 Å². The molecule has 1 heterocycles. The van der Waals surface area contributed by atoms with Crippen LogP contribution in [0.4, 0.5) is 0 Å². The molecule has 1 fully saturated rings. The number of carbonyl (C=O) groups excluding carboxylic acids is 1. The van der Waals surface area contributed by atoms with Crippen molar-refractivity contribution in [2.45, 2.75) is 300 Å². The van der Waals surface area contributed by atoms with Gasteiger partial charge in [0, 0.05) is 0 Å². The lowest BCUT2D eigenvalue weighted by Crippen LogP contribution is -2.61. The first kappa shape index (κ1) is 68.0. The number of hydrogen-bond acceptors (Lipinski definition) is 11. The van der Waals surface area contributed by atoms with Crippen molar-refractivity contribution in [1.29, 1.82) is 0 Å². The minimum absolute atomic E-state index is 0.224. The van der Waals surface area contributed by atoms with Crippen LogP contribution in [0.5, 0.6) is 0 Å². The number of hydrogen-bond donors (Lipinski definition) is 7. The van der Waals surface area contributed by atoms with Gasteiger partial charge in [0.05, 0.1) is 25.4 Å². The molecular formula is C58H107NO12S. The lowest BCUT2D eigenvalue weighted by molar-refractivity contribution is -0.298. The Morgan fingerprint density at radius 1 is 0.569 bits per heavy atom. The number of allylic oxidation sites excluding steroid dienone is 7. The summed E-state index contributed by atoms with van der Waals surface area (Å²) >= 11 is 0. The van der Waals surface area contributed by atoms with Crippen LogP contribution in [-0.4, -0.2) is 107 Å². The summed E-state index contributed by atoms with van der Waals surface area (Å²) in [5.41, 5.74) is 0. The Kier molecular flexibility index (Phi) is 44.9. The molecule has 72 heavy (non-hydrogen) atoms. The molecule has 8 atom stereocenters.